The van der Waals surface area contributed by atoms with Gasteiger partial charge in [-0.05, 0) is 43.8 Å². The number of hydrogen-bond acceptors (Lipinski definition) is 3. The Hall–Kier alpha value is -2.00. The number of ether oxygens (including phenoxy) is 2. The van der Waals surface area contributed by atoms with E-state index in [0.717, 1.165) is 11.5 Å². The second-order valence-corrected chi connectivity index (χ2v) is 4.59. The second kappa shape index (κ2) is 7.56. The van der Waals surface area contributed by atoms with E-state index in [2.05, 4.69) is 24.4 Å². The maximum absolute atomic E-state index is 5.65. The number of para-hydroxylation sites is 1. The molecule has 0 heterocycles. The predicted molar refractivity (Wildman–Crippen MR) is 81.3 cm³/mol. The van der Waals surface area contributed by atoms with Gasteiger partial charge in [0.15, 0.2) is 0 Å². The van der Waals surface area contributed by atoms with E-state index in [-0.39, 0.29) is 0 Å². The van der Waals surface area contributed by atoms with Gasteiger partial charge in [0.25, 0.3) is 0 Å². The molecule has 1 unspecified atom stereocenters. The summed E-state index contributed by atoms with van der Waals surface area (Å²) in [6, 6.07) is 18.3. The van der Waals surface area contributed by atoms with Gasteiger partial charge in [-0.25, -0.2) is 0 Å². The molecule has 0 spiro atoms. The van der Waals surface area contributed by atoms with Crippen molar-refractivity contribution in [2.24, 2.45) is 0 Å². The van der Waals surface area contributed by atoms with Crippen LogP contribution in [-0.2, 0) is 0 Å². The van der Waals surface area contributed by atoms with Crippen molar-refractivity contribution in [2.45, 2.75) is 13.0 Å². The molecule has 20 heavy (non-hydrogen) atoms. The normalized spacial score (nSPS) is 11.9. The Morgan fingerprint density at radius 2 is 1.40 bits per heavy atom. The number of hydrogen-bond donors (Lipinski definition) is 1. The fourth-order valence-electron chi connectivity index (χ4n) is 1.86. The van der Waals surface area contributed by atoms with E-state index in [1.54, 1.807) is 0 Å². The van der Waals surface area contributed by atoms with Crippen LogP contribution in [0.4, 0.5) is 0 Å². The van der Waals surface area contributed by atoms with Crippen LogP contribution in [0.25, 0.3) is 0 Å². The molecule has 0 saturated heterocycles. The SMILES string of the molecule is CNC(C)c1ccc(OCCOc2ccccc2)cc1. The van der Waals surface area contributed by atoms with E-state index < -0.39 is 0 Å². The summed E-state index contributed by atoms with van der Waals surface area (Å²) in [5.74, 6) is 1.74. The van der Waals surface area contributed by atoms with E-state index in [9.17, 15) is 0 Å². The van der Waals surface area contributed by atoms with Crippen molar-refractivity contribution in [1.29, 1.82) is 0 Å². The first-order valence-electron chi connectivity index (χ1n) is 6.87. The van der Waals surface area contributed by atoms with E-state index >= 15 is 0 Å². The minimum absolute atomic E-state index is 0.352. The van der Waals surface area contributed by atoms with Crippen molar-refractivity contribution < 1.29 is 9.47 Å². The average molecular weight is 271 g/mol. The lowest BCUT2D eigenvalue weighted by atomic mass is 10.1. The molecule has 0 aliphatic rings. The lowest BCUT2D eigenvalue weighted by Gasteiger charge is -2.12. The van der Waals surface area contributed by atoms with Gasteiger partial charge in [-0.3, -0.25) is 0 Å². The average Bonchev–Trinajstić information content (AvgIpc) is 2.52. The molecule has 0 aromatic heterocycles. The molecule has 1 atom stereocenters. The lowest BCUT2D eigenvalue weighted by Crippen LogP contribution is -2.12. The Bertz CT molecular complexity index is 496. The van der Waals surface area contributed by atoms with Gasteiger partial charge in [0.2, 0.25) is 0 Å². The highest BCUT2D eigenvalue weighted by Gasteiger charge is 2.02. The fourth-order valence-corrected chi connectivity index (χ4v) is 1.86. The summed E-state index contributed by atoms with van der Waals surface area (Å²) in [6.07, 6.45) is 0. The zero-order chi connectivity index (χ0) is 14.2. The van der Waals surface area contributed by atoms with Gasteiger partial charge in [-0.15, -0.1) is 0 Å². The highest BCUT2D eigenvalue weighted by molar-refractivity contribution is 5.29. The summed E-state index contributed by atoms with van der Waals surface area (Å²) >= 11 is 0. The van der Waals surface area contributed by atoms with Gasteiger partial charge >= 0.3 is 0 Å². The molecule has 0 aliphatic heterocycles. The van der Waals surface area contributed by atoms with Crippen LogP contribution in [0.15, 0.2) is 54.6 Å². The number of benzene rings is 2. The minimum atomic E-state index is 0.352. The molecule has 0 aliphatic carbocycles. The highest BCUT2D eigenvalue weighted by Crippen LogP contribution is 2.17. The molecule has 0 fully saturated rings. The van der Waals surface area contributed by atoms with E-state index in [1.165, 1.54) is 5.56 Å². The molecule has 3 heteroatoms. The van der Waals surface area contributed by atoms with Crippen molar-refractivity contribution in [3.8, 4) is 11.5 Å². The Morgan fingerprint density at radius 1 is 0.850 bits per heavy atom. The molecule has 2 aromatic carbocycles. The zero-order valence-electron chi connectivity index (χ0n) is 12.0. The number of nitrogens with one attached hydrogen (secondary N) is 1. The first-order valence-corrected chi connectivity index (χ1v) is 6.87. The molecule has 0 amide bonds. The van der Waals surface area contributed by atoms with Crippen LogP contribution < -0.4 is 14.8 Å². The van der Waals surface area contributed by atoms with Crippen LogP contribution in [0.1, 0.15) is 18.5 Å². The van der Waals surface area contributed by atoms with E-state index in [0.29, 0.717) is 19.3 Å². The Morgan fingerprint density at radius 3 is 1.95 bits per heavy atom. The minimum Gasteiger partial charge on any atom is -0.490 e. The molecular weight excluding hydrogens is 250 g/mol. The summed E-state index contributed by atoms with van der Waals surface area (Å²) in [6.45, 7) is 3.21. The van der Waals surface area contributed by atoms with Crippen LogP contribution in [0.2, 0.25) is 0 Å². The highest BCUT2D eigenvalue weighted by atomic mass is 16.5. The van der Waals surface area contributed by atoms with Crippen molar-refractivity contribution >= 4 is 0 Å². The Labute approximate surface area is 120 Å². The van der Waals surface area contributed by atoms with Crippen LogP contribution >= 0.6 is 0 Å². The molecule has 2 aromatic rings. The van der Waals surface area contributed by atoms with Crippen LogP contribution in [0.3, 0.4) is 0 Å². The summed E-state index contributed by atoms with van der Waals surface area (Å²) in [5.41, 5.74) is 1.25. The summed E-state index contributed by atoms with van der Waals surface area (Å²) in [4.78, 5) is 0. The second-order valence-electron chi connectivity index (χ2n) is 4.59. The molecule has 0 bridgehead atoms. The largest absolute Gasteiger partial charge is 0.490 e. The fraction of sp³-hybridized carbons (Fsp3) is 0.294. The van der Waals surface area contributed by atoms with Crippen molar-refractivity contribution in [1.82, 2.24) is 5.32 Å². The monoisotopic (exact) mass is 271 g/mol. The van der Waals surface area contributed by atoms with Gasteiger partial charge < -0.3 is 14.8 Å². The van der Waals surface area contributed by atoms with Crippen LogP contribution in [0.5, 0.6) is 11.5 Å². The third-order valence-electron chi connectivity index (χ3n) is 3.18. The van der Waals surface area contributed by atoms with Gasteiger partial charge in [0.1, 0.15) is 24.7 Å². The molecule has 106 valence electrons. The standard InChI is InChI=1S/C17H21NO2/c1-14(18-2)15-8-10-17(11-9-15)20-13-12-19-16-6-4-3-5-7-16/h3-11,14,18H,12-13H2,1-2H3. The lowest BCUT2D eigenvalue weighted by molar-refractivity contribution is 0.217. The predicted octanol–water partition coefficient (Wildman–Crippen LogP) is 3.42. The van der Waals surface area contributed by atoms with Gasteiger partial charge in [-0.1, -0.05) is 30.3 Å². The molecule has 1 N–H and O–H groups in total. The first kappa shape index (κ1) is 14.4. The van der Waals surface area contributed by atoms with Crippen molar-refractivity contribution in [3.05, 3.63) is 60.2 Å². The van der Waals surface area contributed by atoms with Gasteiger partial charge in [0.05, 0.1) is 0 Å². The molecule has 0 saturated carbocycles. The smallest absolute Gasteiger partial charge is 0.122 e. The molecule has 3 nitrogen and oxygen atoms in total. The summed E-state index contributed by atoms with van der Waals surface area (Å²) in [7, 11) is 1.95. The zero-order valence-corrected chi connectivity index (χ0v) is 12.0. The molecule has 0 radical (unpaired) electrons. The first-order chi connectivity index (χ1) is 9.79. The summed E-state index contributed by atoms with van der Waals surface area (Å²) < 4.78 is 11.2. The maximum atomic E-state index is 5.65. The third kappa shape index (κ3) is 4.28. The van der Waals surface area contributed by atoms with Crippen LogP contribution in [0, 0.1) is 0 Å². The maximum Gasteiger partial charge on any atom is 0.122 e. The van der Waals surface area contributed by atoms with Crippen molar-refractivity contribution in [3.63, 3.8) is 0 Å². The van der Waals surface area contributed by atoms with Gasteiger partial charge in [-0.2, -0.15) is 0 Å². The quantitative estimate of drug-likeness (QED) is 0.783. The number of rotatable bonds is 7. The molecular formula is C17H21NO2. The van der Waals surface area contributed by atoms with Gasteiger partial charge in [0, 0.05) is 6.04 Å². The Balaban J connectivity index is 1.74. The topological polar surface area (TPSA) is 30.5 Å². The summed E-state index contributed by atoms with van der Waals surface area (Å²) in [5, 5.41) is 3.21. The molecule has 2 rings (SSSR count). The van der Waals surface area contributed by atoms with E-state index in [4.69, 9.17) is 9.47 Å². The third-order valence-corrected chi connectivity index (χ3v) is 3.18. The Kier molecular flexibility index (Phi) is 5.44. The van der Waals surface area contributed by atoms with E-state index in [1.807, 2.05) is 49.5 Å². The van der Waals surface area contributed by atoms with Crippen molar-refractivity contribution in [2.75, 3.05) is 20.3 Å². The van der Waals surface area contributed by atoms with Crippen LogP contribution in [-0.4, -0.2) is 20.3 Å².